The molecule has 1 aromatic carbocycles. The number of aliphatic hydroxyl groups excluding tert-OH is 1. The number of methoxy groups -OCH3 is 1. The molecule has 2 rings (SSSR count). The number of aliphatic hydroxyl groups is 1. The van der Waals surface area contributed by atoms with Gasteiger partial charge in [-0.3, -0.25) is 0 Å². The lowest BCUT2D eigenvalue weighted by molar-refractivity contribution is 0.175. The SMILES string of the molecule is COc1ccc(Cl)cc1CC(O)c1ccoc1Br. The van der Waals surface area contributed by atoms with Crippen LogP contribution in [0.1, 0.15) is 17.2 Å². The number of rotatable bonds is 4. The first-order valence-electron chi connectivity index (χ1n) is 5.35. The normalized spacial score (nSPS) is 12.4. The van der Waals surface area contributed by atoms with Crippen molar-refractivity contribution in [2.75, 3.05) is 7.11 Å². The van der Waals surface area contributed by atoms with Gasteiger partial charge in [-0.2, -0.15) is 0 Å². The summed E-state index contributed by atoms with van der Waals surface area (Å²) in [6.45, 7) is 0. The van der Waals surface area contributed by atoms with Crippen molar-refractivity contribution in [3.8, 4) is 5.75 Å². The van der Waals surface area contributed by atoms with Gasteiger partial charge in [0.25, 0.3) is 0 Å². The van der Waals surface area contributed by atoms with Crippen molar-refractivity contribution in [2.45, 2.75) is 12.5 Å². The van der Waals surface area contributed by atoms with Gasteiger partial charge in [0.15, 0.2) is 4.67 Å². The fourth-order valence-electron chi connectivity index (χ4n) is 1.77. The molecule has 2 aromatic rings. The summed E-state index contributed by atoms with van der Waals surface area (Å²) < 4.78 is 10.9. The highest BCUT2D eigenvalue weighted by molar-refractivity contribution is 9.10. The number of furan rings is 1. The Morgan fingerprint density at radius 3 is 2.83 bits per heavy atom. The molecule has 0 aliphatic heterocycles. The van der Waals surface area contributed by atoms with Crippen LogP contribution in [-0.2, 0) is 6.42 Å². The van der Waals surface area contributed by atoms with Gasteiger partial charge in [-0.15, -0.1) is 0 Å². The minimum absolute atomic E-state index is 0.405. The first kappa shape index (κ1) is 13.5. The summed E-state index contributed by atoms with van der Waals surface area (Å²) >= 11 is 9.19. The first-order chi connectivity index (χ1) is 8.61. The average Bonchev–Trinajstić information content (AvgIpc) is 2.76. The van der Waals surface area contributed by atoms with Gasteiger partial charge in [0.1, 0.15) is 5.75 Å². The Morgan fingerprint density at radius 2 is 2.22 bits per heavy atom. The number of hydrogen-bond donors (Lipinski definition) is 1. The molecule has 0 saturated carbocycles. The van der Waals surface area contributed by atoms with Crippen molar-refractivity contribution < 1.29 is 14.3 Å². The molecule has 0 spiro atoms. The summed E-state index contributed by atoms with van der Waals surface area (Å²) in [7, 11) is 1.59. The number of benzene rings is 1. The summed E-state index contributed by atoms with van der Waals surface area (Å²) in [5.74, 6) is 0.707. The van der Waals surface area contributed by atoms with Crippen LogP contribution in [0.2, 0.25) is 5.02 Å². The number of halogens is 2. The predicted octanol–water partition coefficient (Wildman–Crippen LogP) is 3.98. The fraction of sp³-hybridized carbons (Fsp3) is 0.231. The van der Waals surface area contributed by atoms with E-state index in [1.54, 1.807) is 31.4 Å². The Labute approximate surface area is 118 Å². The Kier molecular flexibility index (Phi) is 4.32. The third-order valence-corrected chi connectivity index (χ3v) is 3.54. The second kappa shape index (κ2) is 5.78. The van der Waals surface area contributed by atoms with E-state index in [0.717, 1.165) is 5.56 Å². The minimum atomic E-state index is -0.675. The molecule has 1 N–H and O–H groups in total. The van der Waals surface area contributed by atoms with Gasteiger partial charge in [-0.1, -0.05) is 11.6 Å². The first-order valence-corrected chi connectivity index (χ1v) is 6.52. The van der Waals surface area contributed by atoms with Gasteiger partial charge in [0, 0.05) is 17.0 Å². The van der Waals surface area contributed by atoms with E-state index >= 15 is 0 Å². The molecule has 5 heteroatoms. The van der Waals surface area contributed by atoms with Gasteiger partial charge in [0.2, 0.25) is 0 Å². The number of hydrogen-bond acceptors (Lipinski definition) is 3. The highest BCUT2D eigenvalue weighted by Crippen LogP contribution is 2.31. The summed E-state index contributed by atoms with van der Waals surface area (Å²) in [6, 6.07) is 7.06. The molecule has 0 bridgehead atoms. The van der Waals surface area contributed by atoms with Gasteiger partial charge >= 0.3 is 0 Å². The lowest BCUT2D eigenvalue weighted by Gasteiger charge is -2.13. The van der Waals surface area contributed by atoms with E-state index in [1.165, 1.54) is 6.26 Å². The molecule has 1 aromatic heterocycles. The molecule has 0 aliphatic rings. The zero-order chi connectivity index (χ0) is 13.1. The smallest absolute Gasteiger partial charge is 0.174 e. The van der Waals surface area contributed by atoms with Crippen molar-refractivity contribution in [1.29, 1.82) is 0 Å². The lowest BCUT2D eigenvalue weighted by atomic mass is 10.0. The van der Waals surface area contributed by atoms with Crippen LogP contribution in [0.15, 0.2) is 39.6 Å². The van der Waals surface area contributed by atoms with Crippen molar-refractivity contribution in [2.24, 2.45) is 0 Å². The Hall–Kier alpha value is -0.970. The molecule has 0 saturated heterocycles. The fourth-order valence-corrected chi connectivity index (χ4v) is 2.47. The molecule has 1 heterocycles. The van der Waals surface area contributed by atoms with E-state index in [0.29, 0.717) is 27.4 Å². The van der Waals surface area contributed by atoms with Gasteiger partial charge < -0.3 is 14.3 Å². The quantitative estimate of drug-likeness (QED) is 0.921. The third-order valence-electron chi connectivity index (χ3n) is 2.66. The Morgan fingerprint density at radius 1 is 1.44 bits per heavy atom. The molecule has 1 unspecified atom stereocenters. The molecule has 0 aliphatic carbocycles. The van der Waals surface area contributed by atoms with Crippen molar-refractivity contribution in [3.63, 3.8) is 0 Å². The molecule has 1 atom stereocenters. The van der Waals surface area contributed by atoms with Gasteiger partial charge in [0.05, 0.1) is 19.5 Å². The topological polar surface area (TPSA) is 42.6 Å². The zero-order valence-corrected chi connectivity index (χ0v) is 12.0. The van der Waals surface area contributed by atoms with Crippen molar-refractivity contribution >= 4 is 27.5 Å². The molecule has 0 amide bonds. The highest BCUT2D eigenvalue weighted by atomic mass is 79.9. The van der Waals surface area contributed by atoms with Crippen LogP contribution >= 0.6 is 27.5 Å². The maximum atomic E-state index is 10.2. The molecular weight excluding hydrogens is 319 g/mol. The third kappa shape index (κ3) is 2.88. The van der Waals surface area contributed by atoms with Crippen LogP contribution in [0.3, 0.4) is 0 Å². The van der Waals surface area contributed by atoms with E-state index in [9.17, 15) is 5.11 Å². The second-order valence-corrected chi connectivity index (χ2v) is 4.98. The van der Waals surface area contributed by atoms with Crippen molar-refractivity contribution in [1.82, 2.24) is 0 Å². The van der Waals surface area contributed by atoms with Crippen LogP contribution < -0.4 is 4.74 Å². The van der Waals surface area contributed by atoms with E-state index < -0.39 is 6.10 Å². The molecule has 3 nitrogen and oxygen atoms in total. The van der Waals surface area contributed by atoms with Crippen LogP contribution in [0.25, 0.3) is 0 Å². The second-order valence-electron chi connectivity index (χ2n) is 3.83. The van der Waals surface area contributed by atoms with Crippen molar-refractivity contribution in [3.05, 3.63) is 51.3 Å². The highest BCUT2D eigenvalue weighted by Gasteiger charge is 2.16. The Bertz CT molecular complexity index is 539. The standard InChI is InChI=1S/C13H12BrClO3/c1-17-12-3-2-9(15)6-8(12)7-11(16)10-4-5-18-13(10)14/h2-6,11,16H,7H2,1H3. The summed E-state index contributed by atoms with van der Waals surface area (Å²) in [5.41, 5.74) is 1.56. The Balaban J connectivity index is 2.23. The van der Waals surface area contributed by atoms with Crippen LogP contribution in [0.5, 0.6) is 5.75 Å². The molecule has 18 heavy (non-hydrogen) atoms. The summed E-state index contributed by atoms with van der Waals surface area (Å²) in [4.78, 5) is 0. The van der Waals surface area contributed by atoms with Crippen LogP contribution in [0, 0.1) is 0 Å². The van der Waals surface area contributed by atoms with Crippen LogP contribution in [-0.4, -0.2) is 12.2 Å². The zero-order valence-electron chi connectivity index (χ0n) is 9.69. The van der Waals surface area contributed by atoms with E-state index in [1.807, 2.05) is 0 Å². The molecular formula is C13H12BrClO3. The van der Waals surface area contributed by atoms with E-state index in [4.69, 9.17) is 20.8 Å². The summed E-state index contributed by atoms with van der Waals surface area (Å²) in [5, 5.41) is 10.8. The molecule has 96 valence electrons. The monoisotopic (exact) mass is 330 g/mol. The van der Waals surface area contributed by atoms with Gasteiger partial charge in [-0.05, 0) is 45.8 Å². The molecule has 0 fully saturated rings. The largest absolute Gasteiger partial charge is 0.496 e. The number of ether oxygens (including phenoxy) is 1. The van der Waals surface area contributed by atoms with Crippen LogP contribution in [0.4, 0.5) is 0 Å². The maximum Gasteiger partial charge on any atom is 0.174 e. The van der Waals surface area contributed by atoms with E-state index in [2.05, 4.69) is 15.9 Å². The average molecular weight is 332 g/mol. The predicted molar refractivity (Wildman–Crippen MR) is 73.1 cm³/mol. The minimum Gasteiger partial charge on any atom is -0.496 e. The lowest BCUT2D eigenvalue weighted by Crippen LogP contribution is -2.03. The van der Waals surface area contributed by atoms with E-state index in [-0.39, 0.29) is 0 Å². The maximum absolute atomic E-state index is 10.2. The molecule has 0 radical (unpaired) electrons. The summed E-state index contributed by atoms with van der Waals surface area (Å²) in [6.07, 6.45) is 1.25. The van der Waals surface area contributed by atoms with Gasteiger partial charge in [-0.25, -0.2) is 0 Å².